The molecule has 0 fully saturated rings. The molecule has 4 aromatic rings. The predicted molar refractivity (Wildman–Crippen MR) is 177 cm³/mol. The zero-order chi connectivity index (χ0) is 31.3. The van der Waals surface area contributed by atoms with Crippen molar-refractivity contribution in [1.82, 2.24) is 0 Å². The van der Waals surface area contributed by atoms with E-state index in [9.17, 15) is 15.3 Å². The Kier molecular flexibility index (Phi) is 10.4. The van der Waals surface area contributed by atoms with Gasteiger partial charge in [0, 0.05) is 12.8 Å². The standard InChI is InChI=1S/C39H48O4/c1-8-26-16-28(10-3)38(42)34(18-26)23-35-19-27(9-2)17-29(11-4)39(35)43-25(7)31-13-15-37(41)33(21-31)22-32-20-30(24(5)6)12-14-36(32)40/h12-21,24-25,40-42H,8-11,22-23H2,1-7H3. The molecule has 228 valence electrons. The van der Waals surface area contributed by atoms with Gasteiger partial charge in [0.1, 0.15) is 29.1 Å². The van der Waals surface area contributed by atoms with E-state index >= 15 is 0 Å². The fourth-order valence-corrected chi connectivity index (χ4v) is 5.78. The third-order valence-corrected chi connectivity index (χ3v) is 8.61. The van der Waals surface area contributed by atoms with Crippen molar-refractivity contribution in [2.24, 2.45) is 0 Å². The number of hydrogen-bond donors (Lipinski definition) is 3. The Hall–Kier alpha value is -3.92. The molecule has 4 rings (SSSR count). The van der Waals surface area contributed by atoms with Gasteiger partial charge in [-0.3, -0.25) is 0 Å². The molecule has 0 spiro atoms. The van der Waals surface area contributed by atoms with Crippen LogP contribution in [-0.4, -0.2) is 15.3 Å². The van der Waals surface area contributed by atoms with Crippen LogP contribution in [0.5, 0.6) is 23.0 Å². The van der Waals surface area contributed by atoms with Crippen LogP contribution >= 0.6 is 0 Å². The van der Waals surface area contributed by atoms with E-state index in [1.54, 1.807) is 12.1 Å². The van der Waals surface area contributed by atoms with Gasteiger partial charge >= 0.3 is 0 Å². The minimum atomic E-state index is -0.284. The molecule has 0 bridgehead atoms. The first kappa shape index (κ1) is 32.0. The number of benzene rings is 4. The molecule has 0 saturated carbocycles. The Morgan fingerprint density at radius 1 is 0.535 bits per heavy atom. The first-order valence-electron chi connectivity index (χ1n) is 15.9. The maximum atomic E-state index is 11.1. The summed E-state index contributed by atoms with van der Waals surface area (Å²) >= 11 is 0. The average molecular weight is 581 g/mol. The molecule has 0 aromatic heterocycles. The van der Waals surface area contributed by atoms with Crippen LogP contribution in [0.3, 0.4) is 0 Å². The number of phenols is 3. The molecular weight excluding hydrogens is 532 g/mol. The molecule has 4 nitrogen and oxygen atoms in total. The van der Waals surface area contributed by atoms with E-state index in [1.165, 1.54) is 11.1 Å². The minimum absolute atomic E-state index is 0.200. The second-order valence-corrected chi connectivity index (χ2v) is 12.0. The molecule has 0 saturated heterocycles. The van der Waals surface area contributed by atoms with Gasteiger partial charge in [0.05, 0.1) is 0 Å². The quantitative estimate of drug-likeness (QED) is 0.156. The highest BCUT2D eigenvalue weighted by Gasteiger charge is 2.19. The van der Waals surface area contributed by atoms with Gasteiger partial charge in [-0.25, -0.2) is 0 Å². The van der Waals surface area contributed by atoms with Gasteiger partial charge in [0.15, 0.2) is 0 Å². The van der Waals surface area contributed by atoms with Gasteiger partial charge in [-0.1, -0.05) is 84.0 Å². The highest BCUT2D eigenvalue weighted by Crippen LogP contribution is 2.37. The van der Waals surface area contributed by atoms with Gasteiger partial charge in [-0.15, -0.1) is 0 Å². The van der Waals surface area contributed by atoms with E-state index in [-0.39, 0.29) is 17.6 Å². The highest BCUT2D eigenvalue weighted by molar-refractivity contribution is 5.52. The molecule has 0 radical (unpaired) electrons. The lowest BCUT2D eigenvalue weighted by molar-refractivity contribution is 0.222. The maximum absolute atomic E-state index is 11.1. The van der Waals surface area contributed by atoms with Crippen molar-refractivity contribution in [2.75, 3.05) is 0 Å². The lowest BCUT2D eigenvalue weighted by atomic mass is 9.92. The zero-order valence-electron chi connectivity index (χ0n) is 26.9. The fourth-order valence-electron chi connectivity index (χ4n) is 5.78. The number of hydrogen-bond acceptors (Lipinski definition) is 4. The van der Waals surface area contributed by atoms with Crippen LogP contribution < -0.4 is 4.74 Å². The van der Waals surface area contributed by atoms with Crippen LogP contribution in [0.4, 0.5) is 0 Å². The third kappa shape index (κ3) is 7.36. The number of aryl methyl sites for hydroxylation is 4. The van der Waals surface area contributed by atoms with E-state index in [2.05, 4.69) is 65.8 Å². The summed E-state index contributed by atoms with van der Waals surface area (Å²) in [5.74, 6) is 2.02. The fraction of sp³-hybridized carbons (Fsp3) is 0.385. The average Bonchev–Trinajstić information content (AvgIpc) is 3.00. The molecule has 1 unspecified atom stereocenters. The Morgan fingerprint density at radius 2 is 1.02 bits per heavy atom. The number of phenolic OH excluding ortho intramolecular Hbond substituents is 3. The van der Waals surface area contributed by atoms with Crippen LogP contribution in [0, 0.1) is 0 Å². The summed E-state index contributed by atoms with van der Waals surface area (Å²) in [7, 11) is 0. The SMILES string of the molecule is CCc1cc(CC)c(O)c(Cc2cc(CC)cc(CC)c2OC(C)c2ccc(O)c(Cc3cc(C(C)C)ccc3O)c2)c1. The molecule has 0 aliphatic heterocycles. The zero-order valence-corrected chi connectivity index (χ0v) is 26.9. The summed E-state index contributed by atoms with van der Waals surface area (Å²) in [6, 6.07) is 20.0. The van der Waals surface area contributed by atoms with E-state index in [1.807, 2.05) is 31.2 Å². The van der Waals surface area contributed by atoms with Gasteiger partial charge in [-0.2, -0.15) is 0 Å². The Balaban J connectivity index is 1.70. The van der Waals surface area contributed by atoms with Gasteiger partial charge in [-0.05, 0) is 112 Å². The lowest BCUT2D eigenvalue weighted by Crippen LogP contribution is -2.09. The molecule has 4 heteroatoms. The summed E-state index contributed by atoms with van der Waals surface area (Å²) in [6.45, 7) is 14.8. The van der Waals surface area contributed by atoms with Crippen LogP contribution in [0.2, 0.25) is 0 Å². The topological polar surface area (TPSA) is 69.9 Å². The normalized spacial score (nSPS) is 12.1. The molecule has 4 aromatic carbocycles. The summed E-state index contributed by atoms with van der Waals surface area (Å²) in [4.78, 5) is 0. The maximum Gasteiger partial charge on any atom is 0.126 e. The van der Waals surface area contributed by atoms with Crippen LogP contribution in [0.1, 0.15) is 116 Å². The van der Waals surface area contributed by atoms with Gasteiger partial charge in [0.2, 0.25) is 0 Å². The summed E-state index contributed by atoms with van der Waals surface area (Å²) in [5.41, 5.74) is 10.2. The van der Waals surface area contributed by atoms with Crippen molar-refractivity contribution in [3.63, 3.8) is 0 Å². The van der Waals surface area contributed by atoms with Crippen molar-refractivity contribution in [1.29, 1.82) is 0 Å². The van der Waals surface area contributed by atoms with Crippen LogP contribution in [0.15, 0.2) is 60.7 Å². The second kappa shape index (κ2) is 14.0. The molecule has 0 amide bonds. The number of aromatic hydroxyl groups is 3. The molecular formula is C39H48O4. The molecule has 0 aliphatic rings. The Labute approximate surface area is 258 Å². The first-order chi connectivity index (χ1) is 20.6. The Morgan fingerprint density at radius 3 is 1.58 bits per heavy atom. The van der Waals surface area contributed by atoms with Crippen molar-refractivity contribution in [2.45, 2.75) is 99.0 Å². The summed E-state index contributed by atoms with van der Waals surface area (Å²) < 4.78 is 6.79. The smallest absolute Gasteiger partial charge is 0.126 e. The molecule has 0 aliphatic carbocycles. The molecule has 0 heterocycles. The van der Waals surface area contributed by atoms with Crippen molar-refractivity contribution in [3.8, 4) is 23.0 Å². The molecule has 43 heavy (non-hydrogen) atoms. The monoisotopic (exact) mass is 580 g/mol. The van der Waals surface area contributed by atoms with E-state index in [0.29, 0.717) is 24.5 Å². The van der Waals surface area contributed by atoms with Crippen LogP contribution in [-0.2, 0) is 38.5 Å². The minimum Gasteiger partial charge on any atom is -0.508 e. The second-order valence-electron chi connectivity index (χ2n) is 12.0. The molecule has 1 atom stereocenters. The van der Waals surface area contributed by atoms with E-state index < -0.39 is 0 Å². The Bertz CT molecular complexity index is 1570. The van der Waals surface area contributed by atoms with Crippen LogP contribution in [0.25, 0.3) is 0 Å². The predicted octanol–water partition coefficient (Wildman–Crippen LogP) is 9.50. The largest absolute Gasteiger partial charge is 0.508 e. The van der Waals surface area contributed by atoms with Gasteiger partial charge in [0.25, 0.3) is 0 Å². The molecule has 3 N–H and O–H groups in total. The van der Waals surface area contributed by atoms with E-state index in [0.717, 1.165) is 75.9 Å². The lowest BCUT2D eigenvalue weighted by Gasteiger charge is -2.23. The first-order valence-corrected chi connectivity index (χ1v) is 15.9. The van der Waals surface area contributed by atoms with Crippen molar-refractivity contribution in [3.05, 3.63) is 116 Å². The summed E-state index contributed by atoms with van der Waals surface area (Å²) in [6.07, 6.45) is 4.17. The van der Waals surface area contributed by atoms with Crippen molar-refractivity contribution >= 4 is 0 Å². The summed E-state index contributed by atoms with van der Waals surface area (Å²) in [5, 5.41) is 32.4. The third-order valence-electron chi connectivity index (χ3n) is 8.61. The van der Waals surface area contributed by atoms with Crippen molar-refractivity contribution < 1.29 is 20.1 Å². The van der Waals surface area contributed by atoms with Gasteiger partial charge < -0.3 is 20.1 Å². The highest BCUT2D eigenvalue weighted by atomic mass is 16.5. The number of rotatable bonds is 12. The van der Waals surface area contributed by atoms with E-state index in [4.69, 9.17) is 4.74 Å². The number of ether oxygens (including phenoxy) is 1.